The number of aromatic amines is 1. The van der Waals surface area contributed by atoms with Crippen molar-refractivity contribution in [3.63, 3.8) is 0 Å². The van der Waals surface area contributed by atoms with Gasteiger partial charge in [0.2, 0.25) is 5.78 Å². The summed E-state index contributed by atoms with van der Waals surface area (Å²) in [6, 6.07) is 4.43. The van der Waals surface area contributed by atoms with Gasteiger partial charge in [0.05, 0.1) is 21.2 Å². The first-order valence-electron chi connectivity index (χ1n) is 5.62. The highest BCUT2D eigenvalue weighted by Crippen LogP contribution is 2.35. The molecule has 0 radical (unpaired) electrons. The van der Waals surface area contributed by atoms with Crippen molar-refractivity contribution in [3.8, 4) is 0 Å². The normalized spacial score (nSPS) is 16.1. The summed E-state index contributed by atoms with van der Waals surface area (Å²) >= 11 is 11.7. The highest BCUT2D eigenvalue weighted by atomic mass is 35.5. The van der Waals surface area contributed by atoms with Crippen molar-refractivity contribution in [1.29, 1.82) is 0 Å². The summed E-state index contributed by atoms with van der Waals surface area (Å²) in [5, 5.41) is 0.0374. The number of aromatic nitrogens is 1. The summed E-state index contributed by atoms with van der Waals surface area (Å²) < 4.78 is 13.6. The van der Waals surface area contributed by atoms with Gasteiger partial charge in [0.1, 0.15) is 5.82 Å². The van der Waals surface area contributed by atoms with Gasteiger partial charge in [-0.25, -0.2) is 4.39 Å². The average Bonchev–Trinajstić information content (AvgIpc) is 2.83. The molecule has 3 rings (SSSR count). The molecular weight excluding hydrogens is 304 g/mol. The van der Waals surface area contributed by atoms with Gasteiger partial charge in [0.15, 0.2) is 5.78 Å². The molecule has 0 amide bonds. The molecule has 0 unspecified atom stereocenters. The maximum Gasteiger partial charge on any atom is 0.206 e. The Kier molecular flexibility index (Phi) is 3.00. The SMILES string of the molecule is O=C1C=C(Cl)C(=O)C(c2c[nH]c3c(F)cccc23)=C1Cl. The first-order chi connectivity index (χ1) is 9.50. The van der Waals surface area contributed by atoms with Crippen LogP contribution in [0.1, 0.15) is 5.56 Å². The van der Waals surface area contributed by atoms with Gasteiger partial charge < -0.3 is 4.98 Å². The van der Waals surface area contributed by atoms with E-state index in [0.717, 1.165) is 6.08 Å². The molecule has 1 aromatic heterocycles. The minimum Gasteiger partial charge on any atom is -0.358 e. The number of hydrogen-bond acceptors (Lipinski definition) is 2. The Morgan fingerprint density at radius 2 is 1.90 bits per heavy atom. The molecule has 2 aromatic rings. The Labute approximate surface area is 122 Å². The lowest BCUT2D eigenvalue weighted by atomic mass is 9.95. The van der Waals surface area contributed by atoms with Crippen LogP contribution in [0.25, 0.3) is 16.5 Å². The molecule has 1 aliphatic carbocycles. The Bertz CT molecular complexity index is 833. The molecule has 0 saturated heterocycles. The van der Waals surface area contributed by atoms with Crippen LogP contribution < -0.4 is 0 Å². The van der Waals surface area contributed by atoms with Crippen molar-refractivity contribution in [1.82, 2.24) is 4.98 Å². The molecule has 1 heterocycles. The van der Waals surface area contributed by atoms with Crippen LogP contribution in [-0.4, -0.2) is 16.6 Å². The molecule has 3 nitrogen and oxygen atoms in total. The summed E-state index contributed by atoms with van der Waals surface area (Å²) in [7, 11) is 0. The number of allylic oxidation sites excluding steroid dienone is 4. The number of ketones is 2. The standard InChI is InChI=1S/C14H6Cl2FNO2/c15-8-4-10(19)12(16)11(14(8)20)7-5-18-13-6(7)2-1-3-9(13)17/h1-5,18H. The van der Waals surface area contributed by atoms with Gasteiger partial charge in [0.25, 0.3) is 0 Å². The van der Waals surface area contributed by atoms with E-state index in [4.69, 9.17) is 23.2 Å². The first-order valence-corrected chi connectivity index (χ1v) is 6.38. The Morgan fingerprint density at radius 3 is 2.65 bits per heavy atom. The molecular formula is C14H6Cl2FNO2. The number of nitrogens with one attached hydrogen (secondary N) is 1. The van der Waals surface area contributed by atoms with Crippen molar-refractivity contribution < 1.29 is 14.0 Å². The smallest absolute Gasteiger partial charge is 0.206 e. The summed E-state index contributed by atoms with van der Waals surface area (Å²) in [5.41, 5.74) is 0.584. The van der Waals surface area contributed by atoms with Crippen LogP contribution in [0.3, 0.4) is 0 Å². The third-order valence-corrected chi connectivity index (χ3v) is 3.73. The van der Waals surface area contributed by atoms with E-state index in [1.54, 1.807) is 6.07 Å². The molecule has 0 saturated carbocycles. The number of H-pyrrole nitrogens is 1. The zero-order valence-electron chi connectivity index (χ0n) is 9.84. The van der Waals surface area contributed by atoms with Crippen LogP contribution in [0, 0.1) is 5.82 Å². The topological polar surface area (TPSA) is 49.9 Å². The predicted octanol–water partition coefficient (Wildman–Crippen LogP) is 3.53. The molecule has 0 spiro atoms. The van der Waals surface area contributed by atoms with E-state index in [0.29, 0.717) is 10.9 Å². The second-order valence-electron chi connectivity index (χ2n) is 4.24. The molecule has 100 valence electrons. The van der Waals surface area contributed by atoms with Crippen LogP contribution >= 0.6 is 23.2 Å². The van der Waals surface area contributed by atoms with Crippen molar-refractivity contribution in [2.75, 3.05) is 0 Å². The number of carbonyl (C=O) groups excluding carboxylic acids is 2. The lowest BCUT2D eigenvalue weighted by molar-refractivity contribution is -0.113. The second-order valence-corrected chi connectivity index (χ2v) is 5.02. The van der Waals surface area contributed by atoms with Crippen LogP contribution in [0.5, 0.6) is 0 Å². The zero-order valence-corrected chi connectivity index (χ0v) is 11.3. The molecule has 1 aliphatic rings. The summed E-state index contributed by atoms with van der Waals surface area (Å²) in [6.07, 6.45) is 2.41. The van der Waals surface area contributed by atoms with E-state index in [1.165, 1.54) is 18.3 Å². The van der Waals surface area contributed by atoms with Gasteiger partial charge in [0, 0.05) is 23.2 Å². The Balaban J connectivity index is 2.30. The highest BCUT2D eigenvalue weighted by molar-refractivity contribution is 6.62. The Hall–Kier alpha value is -1.91. The monoisotopic (exact) mass is 309 g/mol. The molecule has 1 N–H and O–H groups in total. The largest absolute Gasteiger partial charge is 0.358 e. The van der Waals surface area contributed by atoms with Crippen LogP contribution in [0.2, 0.25) is 0 Å². The van der Waals surface area contributed by atoms with Crippen LogP contribution in [-0.2, 0) is 9.59 Å². The number of halogens is 3. The number of hydrogen-bond donors (Lipinski definition) is 1. The number of fused-ring (bicyclic) bond motifs is 1. The summed E-state index contributed by atoms with van der Waals surface area (Å²) in [6.45, 7) is 0. The van der Waals surface area contributed by atoms with Gasteiger partial charge in [-0.15, -0.1) is 0 Å². The van der Waals surface area contributed by atoms with Crippen molar-refractivity contribution in [2.45, 2.75) is 0 Å². The predicted molar refractivity (Wildman–Crippen MR) is 75.0 cm³/mol. The van der Waals surface area contributed by atoms with E-state index in [9.17, 15) is 14.0 Å². The van der Waals surface area contributed by atoms with E-state index >= 15 is 0 Å². The number of Topliss-reactive ketones (excluding diaryl/α,β-unsaturated/α-hetero) is 1. The van der Waals surface area contributed by atoms with E-state index < -0.39 is 17.4 Å². The van der Waals surface area contributed by atoms with E-state index in [2.05, 4.69) is 4.98 Å². The first kappa shape index (κ1) is 13.1. The fraction of sp³-hybridized carbons (Fsp3) is 0. The van der Waals surface area contributed by atoms with Crippen molar-refractivity contribution in [2.24, 2.45) is 0 Å². The number of rotatable bonds is 1. The lowest BCUT2D eigenvalue weighted by Gasteiger charge is -2.11. The minimum atomic E-state index is -0.554. The summed E-state index contributed by atoms with van der Waals surface area (Å²) in [5.74, 6) is -1.56. The van der Waals surface area contributed by atoms with Crippen LogP contribution in [0.4, 0.5) is 4.39 Å². The van der Waals surface area contributed by atoms with Crippen molar-refractivity contribution in [3.05, 3.63) is 51.9 Å². The zero-order chi connectivity index (χ0) is 14.4. The van der Waals surface area contributed by atoms with Gasteiger partial charge in [-0.05, 0) is 6.07 Å². The fourth-order valence-corrected chi connectivity index (χ4v) is 2.59. The van der Waals surface area contributed by atoms with Crippen LogP contribution in [0.15, 0.2) is 40.5 Å². The number of benzene rings is 1. The third kappa shape index (κ3) is 1.80. The molecule has 6 heteroatoms. The fourth-order valence-electron chi connectivity index (χ4n) is 2.15. The average molecular weight is 310 g/mol. The molecule has 0 atom stereocenters. The quantitative estimate of drug-likeness (QED) is 0.819. The Morgan fingerprint density at radius 1 is 1.15 bits per heavy atom. The molecule has 0 aliphatic heterocycles. The van der Waals surface area contributed by atoms with Crippen molar-refractivity contribution >= 4 is 51.2 Å². The molecule has 0 fully saturated rings. The minimum absolute atomic E-state index is 0.0129. The van der Waals surface area contributed by atoms with E-state index in [-0.39, 0.29) is 21.2 Å². The molecule has 20 heavy (non-hydrogen) atoms. The second kappa shape index (κ2) is 4.58. The van der Waals surface area contributed by atoms with Gasteiger partial charge in [-0.3, -0.25) is 9.59 Å². The van der Waals surface area contributed by atoms with Gasteiger partial charge in [-0.2, -0.15) is 0 Å². The highest BCUT2D eigenvalue weighted by Gasteiger charge is 2.29. The molecule has 1 aromatic carbocycles. The lowest BCUT2D eigenvalue weighted by Crippen LogP contribution is -2.13. The third-order valence-electron chi connectivity index (χ3n) is 3.07. The van der Waals surface area contributed by atoms with Gasteiger partial charge >= 0.3 is 0 Å². The summed E-state index contributed by atoms with van der Waals surface area (Å²) in [4.78, 5) is 26.5. The number of carbonyl (C=O) groups is 2. The van der Waals surface area contributed by atoms with Gasteiger partial charge in [-0.1, -0.05) is 35.3 Å². The maximum atomic E-state index is 13.6. The molecule has 0 bridgehead atoms. The number of para-hydroxylation sites is 1. The van der Waals surface area contributed by atoms with E-state index in [1.807, 2.05) is 0 Å². The maximum absolute atomic E-state index is 13.6.